The first-order valence-electron chi connectivity index (χ1n) is 6.27. The number of carbonyl (C=O) groups is 1. The summed E-state index contributed by atoms with van der Waals surface area (Å²) < 4.78 is 0.785. The Bertz CT molecular complexity index is 525. The van der Waals surface area contributed by atoms with Crippen molar-refractivity contribution in [1.29, 1.82) is 5.26 Å². The van der Waals surface area contributed by atoms with Crippen LogP contribution in [-0.4, -0.2) is 24.2 Å². The van der Waals surface area contributed by atoms with E-state index in [0.717, 1.165) is 29.5 Å². The van der Waals surface area contributed by atoms with Crippen LogP contribution in [0, 0.1) is 17.2 Å². The van der Waals surface area contributed by atoms with Crippen LogP contribution in [0.25, 0.3) is 0 Å². The second kappa shape index (κ2) is 6.07. The number of halogens is 1. The minimum atomic E-state index is -0.749. The van der Waals surface area contributed by atoms with Crippen LogP contribution in [0.1, 0.15) is 24.8 Å². The second-order valence-electron chi connectivity index (χ2n) is 4.80. The van der Waals surface area contributed by atoms with Crippen LogP contribution in [0.15, 0.2) is 22.7 Å². The molecular formula is C14H15BrN2O2. The Labute approximate surface area is 120 Å². The molecule has 4 nitrogen and oxygen atoms in total. The van der Waals surface area contributed by atoms with Gasteiger partial charge in [0.05, 0.1) is 11.3 Å². The molecule has 19 heavy (non-hydrogen) atoms. The van der Waals surface area contributed by atoms with E-state index in [9.17, 15) is 10.1 Å². The van der Waals surface area contributed by atoms with E-state index in [1.807, 2.05) is 18.2 Å². The van der Waals surface area contributed by atoms with Gasteiger partial charge in [0.15, 0.2) is 0 Å². The molecule has 1 N–H and O–H groups in total. The van der Waals surface area contributed by atoms with Crippen molar-refractivity contribution in [3.8, 4) is 6.07 Å². The van der Waals surface area contributed by atoms with Crippen LogP contribution in [0.4, 0.5) is 5.69 Å². The van der Waals surface area contributed by atoms with E-state index in [2.05, 4.69) is 26.9 Å². The Balaban J connectivity index is 2.20. The quantitative estimate of drug-likeness (QED) is 0.929. The molecule has 1 unspecified atom stereocenters. The van der Waals surface area contributed by atoms with Gasteiger partial charge in [-0.1, -0.05) is 6.07 Å². The topological polar surface area (TPSA) is 64.3 Å². The second-order valence-corrected chi connectivity index (χ2v) is 5.65. The molecule has 0 aliphatic carbocycles. The summed E-state index contributed by atoms with van der Waals surface area (Å²) in [6.07, 6.45) is 2.11. The number of nitriles is 1. The van der Waals surface area contributed by atoms with E-state index < -0.39 is 5.97 Å². The van der Waals surface area contributed by atoms with Crippen LogP contribution in [-0.2, 0) is 4.79 Å². The minimum absolute atomic E-state index is 0.164. The third-order valence-corrected chi connectivity index (χ3v) is 4.09. The first-order chi connectivity index (χ1) is 9.11. The number of carboxylic acid groups (broad SMARTS) is 1. The third kappa shape index (κ3) is 3.27. The molecule has 0 aromatic heterocycles. The van der Waals surface area contributed by atoms with Crippen molar-refractivity contribution in [3.63, 3.8) is 0 Å². The van der Waals surface area contributed by atoms with E-state index >= 15 is 0 Å². The third-order valence-electron chi connectivity index (χ3n) is 3.43. The zero-order valence-corrected chi connectivity index (χ0v) is 12.1. The summed E-state index contributed by atoms with van der Waals surface area (Å²) in [7, 11) is 0. The number of anilines is 1. The van der Waals surface area contributed by atoms with Gasteiger partial charge in [0, 0.05) is 24.0 Å². The fourth-order valence-corrected chi connectivity index (χ4v) is 3.03. The Hall–Kier alpha value is -1.54. The molecule has 0 saturated carbocycles. The summed E-state index contributed by atoms with van der Waals surface area (Å²) in [6, 6.07) is 7.89. The van der Waals surface area contributed by atoms with Gasteiger partial charge in [-0.3, -0.25) is 4.79 Å². The first kappa shape index (κ1) is 13.9. The lowest BCUT2D eigenvalue weighted by atomic mass is 9.94. The number of hydrogen-bond donors (Lipinski definition) is 1. The SMILES string of the molecule is N#Cc1c(Br)cccc1N1CCCC(CC(=O)O)C1. The summed E-state index contributed by atoms with van der Waals surface area (Å²) in [6.45, 7) is 1.58. The molecule has 0 spiro atoms. The van der Waals surface area contributed by atoms with Crippen molar-refractivity contribution in [2.75, 3.05) is 18.0 Å². The largest absolute Gasteiger partial charge is 0.481 e. The fraction of sp³-hybridized carbons (Fsp3) is 0.429. The van der Waals surface area contributed by atoms with E-state index in [1.165, 1.54) is 0 Å². The predicted molar refractivity (Wildman–Crippen MR) is 76.0 cm³/mol. The van der Waals surface area contributed by atoms with Gasteiger partial charge in [-0.15, -0.1) is 0 Å². The molecule has 1 heterocycles. The number of carboxylic acids is 1. The lowest BCUT2D eigenvalue weighted by Gasteiger charge is -2.34. The average Bonchev–Trinajstić information content (AvgIpc) is 2.38. The monoisotopic (exact) mass is 322 g/mol. The Morgan fingerprint density at radius 2 is 2.37 bits per heavy atom. The highest BCUT2D eigenvalue weighted by Gasteiger charge is 2.24. The van der Waals surface area contributed by atoms with Gasteiger partial charge in [-0.05, 0) is 46.8 Å². The summed E-state index contributed by atoms with van der Waals surface area (Å²) in [4.78, 5) is 12.9. The zero-order chi connectivity index (χ0) is 13.8. The Kier molecular flexibility index (Phi) is 4.43. The molecule has 1 aliphatic rings. The van der Waals surface area contributed by atoms with Crippen molar-refractivity contribution >= 4 is 27.6 Å². The molecule has 1 aromatic rings. The molecule has 5 heteroatoms. The standard InChI is InChI=1S/C14H15BrN2O2/c15-12-4-1-5-13(11(12)8-16)17-6-2-3-10(9-17)7-14(18)19/h1,4-5,10H,2-3,6-7,9H2,(H,18,19). The van der Waals surface area contributed by atoms with E-state index in [0.29, 0.717) is 12.1 Å². The van der Waals surface area contributed by atoms with Gasteiger partial charge < -0.3 is 10.0 Å². The van der Waals surface area contributed by atoms with Gasteiger partial charge in [0.25, 0.3) is 0 Å². The van der Waals surface area contributed by atoms with Crippen LogP contribution >= 0.6 is 15.9 Å². The lowest BCUT2D eigenvalue weighted by Crippen LogP contribution is -2.36. The molecule has 0 radical (unpaired) electrons. The molecule has 0 bridgehead atoms. The lowest BCUT2D eigenvalue weighted by molar-refractivity contribution is -0.138. The summed E-state index contributed by atoms with van der Waals surface area (Å²) in [5, 5.41) is 18.1. The van der Waals surface area contributed by atoms with Gasteiger partial charge in [-0.25, -0.2) is 0 Å². The summed E-state index contributed by atoms with van der Waals surface area (Å²) in [5.41, 5.74) is 1.52. The number of nitrogens with zero attached hydrogens (tertiary/aromatic N) is 2. The molecule has 1 saturated heterocycles. The van der Waals surface area contributed by atoms with Crippen LogP contribution in [0.2, 0.25) is 0 Å². The van der Waals surface area contributed by atoms with Gasteiger partial charge in [-0.2, -0.15) is 5.26 Å². The van der Waals surface area contributed by atoms with E-state index in [-0.39, 0.29) is 12.3 Å². The number of hydrogen-bond acceptors (Lipinski definition) is 3. The highest BCUT2D eigenvalue weighted by Crippen LogP contribution is 2.31. The molecular weight excluding hydrogens is 308 g/mol. The first-order valence-corrected chi connectivity index (χ1v) is 7.06. The van der Waals surface area contributed by atoms with Crippen LogP contribution in [0.3, 0.4) is 0 Å². The van der Waals surface area contributed by atoms with E-state index in [1.54, 1.807) is 0 Å². The van der Waals surface area contributed by atoms with Crippen molar-refractivity contribution in [2.45, 2.75) is 19.3 Å². The highest BCUT2D eigenvalue weighted by molar-refractivity contribution is 9.10. The smallest absolute Gasteiger partial charge is 0.303 e. The molecule has 1 aromatic carbocycles. The average molecular weight is 323 g/mol. The Morgan fingerprint density at radius 1 is 1.58 bits per heavy atom. The number of rotatable bonds is 3. The molecule has 1 aliphatic heterocycles. The molecule has 1 fully saturated rings. The number of piperidine rings is 1. The zero-order valence-electron chi connectivity index (χ0n) is 10.5. The van der Waals surface area contributed by atoms with Crippen molar-refractivity contribution in [3.05, 3.63) is 28.2 Å². The normalized spacial score (nSPS) is 18.9. The fourth-order valence-electron chi connectivity index (χ4n) is 2.58. The Morgan fingerprint density at radius 3 is 3.05 bits per heavy atom. The number of benzene rings is 1. The van der Waals surface area contributed by atoms with E-state index in [4.69, 9.17) is 5.11 Å². The minimum Gasteiger partial charge on any atom is -0.481 e. The predicted octanol–water partition coefficient (Wildman–Crippen LogP) is 3.01. The maximum atomic E-state index is 10.8. The van der Waals surface area contributed by atoms with Gasteiger partial charge in [0.2, 0.25) is 0 Å². The molecule has 0 amide bonds. The number of aliphatic carboxylic acids is 1. The van der Waals surface area contributed by atoms with Crippen molar-refractivity contribution in [2.24, 2.45) is 5.92 Å². The maximum absolute atomic E-state index is 10.8. The van der Waals surface area contributed by atoms with Crippen LogP contribution < -0.4 is 4.90 Å². The molecule has 2 rings (SSSR count). The van der Waals surface area contributed by atoms with Gasteiger partial charge >= 0.3 is 5.97 Å². The van der Waals surface area contributed by atoms with Gasteiger partial charge in [0.1, 0.15) is 6.07 Å². The molecule has 1 atom stereocenters. The van der Waals surface area contributed by atoms with Crippen LogP contribution in [0.5, 0.6) is 0 Å². The molecule has 100 valence electrons. The summed E-state index contributed by atoms with van der Waals surface area (Å²) >= 11 is 3.39. The maximum Gasteiger partial charge on any atom is 0.303 e. The highest BCUT2D eigenvalue weighted by atomic mass is 79.9. The summed E-state index contributed by atoms with van der Waals surface area (Å²) in [5.74, 6) is -0.585. The van der Waals surface area contributed by atoms with Crippen molar-refractivity contribution < 1.29 is 9.90 Å². The van der Waals surface area contributed by atoms with Crippen molar-refractivity contribution in [1.82, 2.24) is 0 Å².